The zero-order chi connectivity index (χ0) is 36.4. The first-order valence-corrected chi connectivity index (χ1v) is 17.7. The van der Waals surface area contributed by atoms with Crippen LogP contribution in [0.3, 0.4) is 0 Å². The van der Waals surface area contributed by atoms with Gasteiger partial charge in [-0.25, -0.2) is 18.7 Å². The largest absolute Gasteiger partial charge is 0.369 e. The van der Waals surface area contributed by atoms with Crippen molar-refractivity contribution in [2.24, 2.45) is 14.1 Å². The number of benzene rings is 4. The molecule has 0 aliphatic carbocycles. The van der Waals surface area contributed by atoms with E-state index in [9.17, 15) is 13.6 Å². The number of imidazole rings is 2. The van der Waals surface area contributed by atoms with Crippen molar-refractivity contribution in [3.63, 3.8) is 0 Å². The summed E-state index contributed by atoms with van der Waals surface area (Å²) >= 11 is 0. The number of hydrogen-bond acceptors (Lipinski definition) is 7. The first-order chi connectivity index (χ1) is 25.2. The maximum Gasteiger partial charge on any atom is 0.236 e. The number of likely N-dealkylation sites (N-methyl/N-ethyl adjacent to an activating group) is 1. The number of aryl methyl sites for hydroxylation is 2. The van der Waals surface area contributed by atoms with E-state index >= 15 is 0 Å². The number of anilines is 2. The molecule has 2 aliphatic heterocycles. The summed E-state index contributed by atoms with van der Waals surface area (Å²) in [5, 5.41) is 3.34. The minimum absolute atomic E-state index is 0.147. The molecule has 0 radical (unpaired) electrons. The second kappa shape index (κ2) is 15.1. The lowest BCUT2D eigenvalue weighted by molar-refractivity contribution is -0.132. The van der Waals surface area contributed by atoms with Gasteiger partial charge in [0.15, 0.2) is 0 Å². The van der Waals surface area contributed by atoms with E-state index in [1.54, 1.807) is 12.1 Å². The molecule has 52 heavy (non-hydrogen) atoms. The van der Waals surface area contributed by atoms with Gasteiger partial charge in [-0.1, -0.05) is 24.3 Å². The van der Waals surface area contributed by atoms with Crippen LogP contribution in [0.4, 0.5) is 20.2 Å². The maximum atomic E-state index is 14.7. The summed E-state index contributed by atoms with van der Waals surface area (Å²) in [5.41, 5.74) is 6.77. The van der Waals surface area contributed by atoms with Gasteiger partial charge in [0.25, 0.3) is 0 Å². The van der Waals surface area contributed by atoms with Crippen LogP contribution in [0, 0.1) is 11.6 Å². The van der Waals surface area contributed by atoms with Crippen molar-refractivity contribution >= 4 is 39.3 Å². The van der Waals surface area contributed by atoms with Crippen molar-refractivity contribution in [2.45, 2.75) is 0 Å². The van der Waals surface area contributed by atoms with E-state index in [1.165, 1.54) is 6.07 Å². The molecule has 1 N–H and O–H groups in total. The molecule has 6 aromatic rings. The number of piperazine rings is 2. The molecular weight excluding hydrogens is 660 g/mol. The van der Waals surface area contributed by atoms with Crippen molar-refractivity contribution in [1.29, 1.82) is 0 Å². The molecule has 1 amide bonds. The highest BCUT2D eigenvalue weighted by Gasteiger charge is 2.23. The highest BCUT2D eigenvalue weighted by Crippen LogP contribution is 2.31. The number of aromatic nitrogens is 4. The molecule has 2 aliphatic rings. The Morgan fingerprint density at radius 1 is 0.673 bits per heavy atom. The number of halogens is 2. The Morgan fingerprint density at radius 2 is 1.13 bits per heavy atom. The van der Waals surface area contributed by atoms with Gasteiger partial charge in [-0.05, 0) is 74.8 Å². The van der Waals surface area contributed by atoms with Gasteiger partial charge in [0.2, 0.25) is 5.91 Å². The van der Waals surface area contributed by atoms with Crippen molar-refractivity contribution < 1.29 is 13.6 Å². The van der Waals surface area contributed by atoms with Crippen LogP contribution in [-0.4, -0.2) is 108 Å². The fourth-order valence-electron chi connectivity index (χ4n) is 7.04. The maximum absolute atomic E-state index is 14.7. The van der Waals surface area contributed by atoms with Crippen LogP contribution in [-0.2, 0) is 18.9 Å². The molecular formula is C40H45F2N9O. The van der Waals surface area contributed by atoms with Crippen LogP contribution in [0.2, 0.25) is 0 Å². The molecule has 2 saturated heterocycles. The molecule has 0 spiro atoms. The van der Waals surface area contributed by atoms with Gasteiger partial charge >= 0.3 is 0 Å². The predicted molar refractivity (Wildman–Crippen MR) is 205 cm³/mol. The van der Waals surface area contributed by atoms with E-state index in [-0.39, 0.29) is 17.5 Å². The number of hydrogen-bond donors (Lipinski definition) is 1. The molecule has 8 rings (SSSR count). The number of para-hydroxylation sites is 4. The number of fused-ring (bicyclic) bond motifs is 2. The quantitative estimate of drug-likeness (QED) is 0.250. The molecule has 0 atom stereocenters. The molecule has 270 valence electrons. The average molecular weight is 706 g/mol. The minimum atomic E-state index is -0.285. The summed E-state index contributed by atoms with van der Waals surface area (Å²) in [6.45, 7) is 7.02. The summed E-state index contributed by atoms with van der Waals surface area (Å²) in [6.07, 6.45) is 0. The summed E-state index contributed by atoms with van der Waals surface area (Å²) in [7, 11) is 7.64. The Kier molecular flexibility index (Phi) is 10.2. The van der Waals surface area contributed by atoms with Crippen LogP contribution in [0.25, 0.3) is 44.8 Å². The van der Waals surface area contributed by atoms with E-state index in [4.69, 9.17) is 0 Å². The number of nitrogens with one attached hydrogen (secondary N) is 1. The van der Waals surface area contributed by atoms with Gasteiger partial charge in [0.05, 0.1) is 39.7 Å². The minimum Gasteiger partial charge on any atom is -0.369 e. The van der Waals surface area contributed by atoms with Crippen LogP contribution in [0.1, 0.15) is 0 Å². The Labute approximate surface area is 302 Å². The first-order valence-electron chi connectivity index (χ1n) is 17.7. The predicted octanol–water partition coefficient (Wildman–Crippen LogP) is 5.38. The van der Waals surface area contributed by atoms with Gasteiger partial charge in [0, 0.05) is 77.8 Å². The summed E-state index contributed by atoms with van der Waals surface area (Å²) in [6, 6.07) is 26.2. The molecule has 2 fully saturated rings. The van der Waals surface area contributed by atoms with Gasteiger partial charge in [-0.15, -0.1) is 0 Å². The van der Waals surface area contributed by atoms with Crippen LogP contribution in [0.15, 0.2) is 84.9 Å². The lowest BCUT2D eigenvalue weighted by Gasteiger charge is -2.36. The zero-order valence-corrected chi connectivity index (χ0v) is 30.2. The SMILES string of the molecule is CN(C)CC(=O)N1CCN(c2ccc(F)c(-c3nc4ccccc4n3C)c2)CC1.Cn1c(-c2cc(N3CCNCC3)ccc2F)nc2ccccc21. The van der Waals surface area contributed by atoms with E-state index in [0.29, 0.717) is 42.4 Å². The van der Waals surface area contributed by atoms with Crippen LogP contribution in [0.5, 0.6) is 0 Å². The van der Waals surface area contributed by atoms with E-state index in [0.717, 1.165) is 72.7 Å². The first kappa shape index (κ1) is 35.1. The van der Waals surface area contributed by atoms with Gasteiger partial charge in [0.1, 0.15) is 23.3 Å². The fourth-order valence-corrected chi connectivity index (χ4v) is 7.04. The molecule has 12 heteroatoms. The molecule has 4 aromatic carbocycles. The Bertz CT molecular complexity index is 2200. The van der Waals surface area contributed by atoms with Crippen LogP contribution >= 0.6 is 0 Å². The summed E-state index contributed by atoms with van der Waals surface area (Å²) in [5.74, 6) is 0.912. The third kappa shape index (κ3) is 7.21. The zero-order valence-electron chi connectivity index (χ0n) is 30.2. The van der Waals surface area contributed by atoms with Crippen LogP contribution < -0.4 is 15.1 Å². The van der Waals surface area contributed by atoms with Gasteiger partial charge in [-0.2, -0.15) is 0 Å². The lowest BCUT2D eigenvalue weighted by Crippen LogP contribution is -2.50. The summed E-state index contributed by atoms with van der Waals surface area (Å²) in [4.78, 5) is 29.8. The van der Waals surface area contributed by atoms with Gasteiger partial charge < -0.3 is 34.1 Å². The number of carbonyl (C=O) groups is 1. The smallest absolute Gasteiger partial charge is 0.236 e. The lowest BCUT2D eigenvalue weighted by atomic mass is 10.1. The molecule has 0 bridgehead atoms. The summed E-state index contributed by atoms with van der Waals surface area (Å²) < 4.78 is 33.0. The third-order valence-electron chi connectivity index (χ3n) is 9.89. The monoisotopic (exact) mass is 705 g/mol. The van der Waals surface area contributed by atoms with Crippen molar-refractivity contribution in [2.75, 3.05) is 82.8 Å². The highest BCUT2D eigenvalue weighted by atomic mass is 19.1. The number of nitrogens with zero attached hydrogens (tertiary/aromatic N) is 8. The van der Waals surface area contributed by atoms with E-state index in [1.807, 2.05) is 114 Å². The molecule has 0 unspecified atom stereocenters. The second-order valence-corrected chi connectivity index (χ2v) is 13.6. The van der Waals surface area contributed by atoms with Crippen molar-refractivity contribution in [3.8, 4) is 22.8 Å². The van der Waals surface area contributed by atoms with E-state index in [2.05, 4.69) is 25.1 Å². The van der Waals surface area contributed by atoms with Crippen molar-refractivity contribution in [1.82, 2.24) is 34.2 Å². The topological polar surface area (TPSA) is 77.7 Å². The Hall–Kier alpha value is -5.33. The Morgan fingerprint density at radius 3 is 1.60 bits per heavy atom. The van der Waals surface area contributed by atoms with E-state index < -0.39 is 0 Å². The van der Waals surface area contributed by atoms with Gasteiger partial charge in [-0.3, -0.25) is 4.79 Å². The third-order valence-corrected chi connectivity index (χ3v) is 9.89. The highest BCUT2D eigenvalue weighted by molar-refractivity contribution is 5.82. The molecule has 4 heterocycles. The average Bonchev–Trinajstić information content (AvgIpc) is 3.68. The van der Waals surface area contributed by atoms with Crippen molar-refractivity contribution in [3.05, 3.63) is 96.6 Å². The molecule has 2 aromatic heterocycles. The fraction of sp³-hybridized carbons (Fsp3) is 0.325. The number of amides is 1. The normalized spacial score (nSPS) is 15.0. The Balaban J connectivity index is 0.000000166. The second-order valence-electron chi connectivity index (χ2n) is 13.6. The molecule has 10 nitrogen and oxygen atoms in total. The number of rotatable bonds is 6. The molecule has 0 saturated carbocycles. The standard InChI is InChI=1S/C22H26FN5O.C18H19FN4/c1-25(2)15-21(29)28-12-10-27(11-13-28)16-8-9-18(23)17(14-16)22-24-19-6-4-5-7-20(19)26(22)3;1-22-17-5-3-2-4-16(17)21-18(22)14-12-13(6-7-15(14)19)23-10-8-20-9-11-23/h4-9,14H,10-13,15H2,1-3H3;2-7,12,20H,8-11H2,1H3. The number of carbonyl (C=O) groups excluding carboxylic acids is 1.